The molecule has 0 radical (unpaired) electrons. The zero-order valence-corrected chi connectivity index (χ0v) is 20.9. The molecule has 3 aromatic carbocycles. The third-order valence-corrected chi connectivity index (χ3v) is 7.45. The van der Waals surface area contributed by atoms with Crippen LogP contribution in [0.2, 0.25) is 20.1 Å². The van der Waals surface area contributed by atoms with Crippen molar-refractivity contribution < 1.29 is 9.53 Å². The predicted molar refractivity (Wildman–Crippen MR) is 133 cm³/mol. The highest BCUT2D eigenvalue weighted by atomic mass is 35.5. The zero-order chi connectivity index (χ0) is 23.4. The Bertz CT molecular complexity index is 1150. The molecule has 0 unspecified atom stereocenters. The summed E-state index contributed by atoms with van der Waals surface area (Å²) in [6.45, 7) is 0. The van der Waals surface area contributed by atoms with Gasteiger partial charge in [-0.25, -0.2) is 4.79 Å². The van der Waals surface area contributed by atoms with E-state index in [1.807, 2.05) is 86.5 Å². The van der Waals surface area contributed by atoms with Crippen molar-refractivity contribution in [3.05, 3.63) is 90.9 Å². The number of ether oxygens (including phenoxy) is 1. The Morgan fingerprint density at radius 1 is 0.656 bits per heavy atom. The molecule has 1 heterocycles. The van der Waals surface area contributed by atoms with Crippen LogP contribution >= 0.6 is 46.4 Å². The van der Waals surface area contributed by atoms with Crippen LogP contribution in [0.25, 0.3) is 0 Å². The highest BCUT2D eigenvalue weighted by Crippen LogP contribution is 2.55. The van der Waals surface area contributed by atoms with E-state index in [4.69, 9.17) is 51.1 Å². The lowest BCUT2D eigenvalue weighted by molar-refractivity contribution is 0.0252. The standard InChI is InChI=1S/C24H20Cl4N2O2/c1-29(2)15-9-5-13(6-10-15)24(14-7-11-16(12-8-14)30(3)4)18-17(23(31)32-24)19(25)21(27)22(28)20(18)26/h5-12H,1-4H3. The van der Waals surface area contributed by atoms with Crippen LogP contribution in [0.1, 0.15) is 27.0 Å². The maximum absolute atomic E-state index is 13.1. The summed E-state index contributed by atoms with van der Waals surface area (Å²) in [4.78, 5) is 17.1. The molecular formula is C24H20Cl4N2O2. The summed E-state index contributed by atoms with van der Waals surface area (Å²) in [5.41, 5.74) is 2.59. The topological polar surface area (TPSA) is 32.8 Å². The molecule has 0 aromatic heterocycles. The molecule has 4 rings (SSSR count). The molecule has 32 heavy (non-hydrogen) atoms. The molecular weight excluding hydrogens is 490 g/mol. The van der Waals surface area contributed by atoms with Gasteiger partial charge in [0.15, 0.2) is 5.60 Å². The summed E-state index contributed by atoms with van der Waals surface area (Å²) in [5.74, 6) is -0.612. The minimum absolute atomic E-state index is 0.0238. The summed E-state index contributed by atoms with van der Waals surface area (Å²) in [5, 5.41) is 0.262. The van der Waals surface area contributed by atoms with Crippen LogP contribution in [0.5, 0.6) is 0 Å². The van der Waals surface area contributed by atoms with Crippen molar-refractivity contribution in [2.45, 2.75) is 5.60 Å². The molecule has 0 saturated carbocycles. The minimum atomic E-state index is -1.34. The van der Waals surface area contributed by atoms with Gasteiger partial charge < -0.3 is 14.5 Å². The first-order valence-corrected chi connectivity index (χ1v) is 11.3. The molecule has 8 heteroatoms. The van der Waals surface area contributed by atoms with E-state index in [2.05, 4.69) is 0 Å². The van der Waals surface area contributed by atoms with Gasteiger partial charge in [0.05, 0.1) is 25.7 Å². The Labute approximate surface area is 207 Å². The highest BCUT2D eigenvalue weighted by molar-refractivity contribution is 6.53. The minimum Gasteiger partial charge on any atom is -0.440 e. The number of carbonyl (C=O) groups is 1. The highest BCUT2D eigenvalue weighted by Gasteiger charge is 2.52. The Morgan fingerprint density at radius 3 is 1.47 bits per heavy atom. The fourth-order valence-corrected chi connectivity index (χ4v) is 5.02. The lowest BCUT2D eigenvalue weighted by Gasteiger charge is -2.32. The van der Waals surface area contributed by atoms with Crippen LogP contribution in [0, 0.1) is 0 Å². The van der Waals surface area contributed by atoms with Crippen molar-refractivity contribution in [3.63, 3.8) is 0 Å². The number of esters is 1. The fraction of sp³-hybridized carbons (Fsp3) is 0.208. The lowest BCUT2D eigenvalue weighted by atomic mass is 9.79. The molecule has 0 saturated heterocycles. The molecule has 1 aliphatic heterocycles. The summed E-state index contributed by atoms with van der Waals surface area (Å²) >= 11 is 25.8. The normalized spacial score (nSPS) is 14.2. The third kappa shape index (κ3) is 3.41. The molecule has 4 nitrogen and oxygen atoms in total. The predicted octanol–water partition coefficient (Wildman–Crippen LogP) is 6.89. The van der Waals surface area contributed by atoms with E-state index in [9.17, 15) is 4.79 Å². The molecule has 166 valence electrons. The number of halogens is 4. The van der Waals surface area contributed by atoms with Crippen molar-refractivity contribution in [2.75, 3.05) is 38.0 Å². The van der Waals surface area contributed by atoms with Gasteiger partial charge >= 0.3 is 5.97 Å². The largest absolute Gasteiger partial charge is 0.440 e. The van der Waals surface area contributed by atoms with Crippen LogP contribution in [0.3, 0.4) is 0 Å². The lowest BCUT2D eigenvalue weighted by Crippen LogP contribution is -2.30. The van der Waals surface area contributed by atoms with Crippen LogP contribution < -0.4 is 9.80 Å². The van der Waals surface area contributed by atoms with Gasteiger partial charge in [0.2, 0.25) is 0 Å². The number of anilines is 2. The van der Waals surface area contributed by atoms with Gasteiger partial charge in [-0.05, 0) is 24.3 Å². The smallest absolute Gasteiger partial charge is 0.341 e. The molecule has 0 fully saturated rings. The van der Waals surface area contributed by atoms with Crippen molar-refractivity contribution in [3.8, 4) is 0 Å². The van der Waals surface area contributed by atoms with Gasteiger partial charge in [0, 0.05) is 56.3 Å². The molecule has 0 aliphatic carbocycles. The SMILES string of the molecule is CN(C)c1ccc(C2(c3ccc(N(C)C)cc3)OC(=O)c3c(Cl)c(Cl)c(Cl)c(Cl)c32)cc1. The van der Waals surface area contributed by atoms with Crippen LogP contribution in [-0.2, 0) is 10.3 Å². The third-order valence-electron chi connectivity index (χ3n) is 5.65. The number of hydrogen-bond donors (Lipinski definition) is 0. The van der Waals surface area contributed by atoms with E-state index >= 15 is 0 Å². The van der Waals surface area contributed by atoms with Crippen LogP contribution in [0.15, 0.2) is 48.5 Å². The molecule has 0 N–H and O–H groups in total. The molecule has 3 aromatic rings. The van der Waals surface area contributed by atoms with Crippen molar-refractivity contribution in [1.82, 2.24) is 0 Å². The Morgan fingerprint density at radius 2 is 1.06 bits per heavy atom. The number of hydrogen-bond acceptors (Lipinski definition) is 4. The van der Waals surface area contributed by atoms with Gasteiger partial charge in [-0.3, -0.25) is 0 Å². The number of rotatable bonds is 4. The average molecular weight is 510 g/mol. The average Bonchev–Trinajstić information content (AvgIpc) is 3.10. The Balaban J connectivity index is 2.07. The number of fused-ring (bicyclic) bond motifs is 1. The summed E-state index contributed by atoms with van der Waals surface area (Å²) in [6, 6.07) is 15.4. The zero-order valence-electron chi connectivity index (χ0n) is 17.8. The monoisotopic (exact) mass is 508 g/mol. The Hall–Kier alpha value is -2.11. The van der Waals surface area contributed by atoms with E-state index in [1.165, 1.54) is 0 Å². The first-order valence-electron chi connectivity index (χ1n) is 9.75. The maximum Gasteiger partial charge on any atom is 0.341 e. The van der Waals surface area contributed by atoms with Crippen molar-refractivity contribution in [1.29, 1.82) is 0 Å². The fourth-order valence-electron chi connectivity index (χ4n) is 3.96. The van der Waals surface area contributed by atoms with Crippen molar-refractivity contribution >= 4 is 63.7 Å². The molecule has 0 spiro atoms. The first kappa shape index (κ1) is 23.1. The van der Waals surface area contributed by atoms with E-state index in [1.54, 1.807) is 0 Å². The second kappa shape index (κ2) is 8.35. The summed E-state index contributed by atoms with van der Waals surface area (Å²) < 4.78 is 6.11. The van der Waals surface area contributed by atoms with Crippen LogP contribution in [-0.4, -0.2) is 34.2 Å². The molecule has 0 bridgehead atoms. The first-order chi connectivity index (χ1) is 15.1. The molecule has 0 amide bonds. The number of carbonyl (C=O) groups excluding carboxylic acids is 1. The van der Waals surface area contributed by atoms with E-state index < -0.39 is 11.6 Å². The van der Waals surface area contributed by atoms with E-state index in [-0.39, 0.29) is 25.7 Å². The van der Waals surface area contributed by atoms with Gasteiger partial charge in [0.1, 0.15) is 0 Å². The van der Waals surface area contributed by atoms with E-state index in [0.717, 1.165) is 11.4 Å². The van der Waals surface area contributed by atoms with Gasteiger partial charge in [-0.15, -0.1) is 0 Å². The molecule has 0 atom stereocenters. The van der Waals surface area contributed by atoms with Crippen molar-refractivity contribution in [2.24, 2.45) is 0 Å². The summed E-state index contributed by atoms with van der Waals surface area (Å²) in [6.07, 6.45) is 0. The second-order valence-corrected chi connectivity index (χ2v) is 9.47. The van der Waals surface area contributed by atoms with Gasteiger partial charge in [0.25, 0.3) is 0 Å². The number of cyclic esters (lactones) is 1. The maximum atomic E-state index is 13.1. The molecule has 1 aliphatic rings. The van der Waals surface area contributed by atoms with Crippen LogP contribution in [0.4, 0.5) is 11.4 Å². The van der Waals surface area contributed by atoms with Gasteiger partial charge in [-0.1, -0.05) is 70.7 Å². The summed E-state index contributed by atoms with van der Waals surface area (Å²) in [7, 11) is 7.81. The van der Waals surface area contributed by atoms with Gasteiger partial charge in [-0.2, -0.15) is 0 Å². The number of nitrogens with zero attached hydrogens (tertiary/aromatic N) is 2. The Kier molecular flexibility index (Phi) is 6.01. The second-order valence-electron chi connectivity index (χ2n) is 7.96. The van der Waals surface area contributed by atoms with E-state index in [0.29, 0.717) is 16.7 Å². The number of benzene rings is 3. The quantitative estimate of drug-likeness (QED) is 0.217.